The van der Waals surface area contributed by atoms with Gasteiger partial charge in [0.15, 0.2) is 9.84 Å². The van der Waals surface area contributed by atoms with Crippen molar-refractivity contribution in [2.45, 2.75) is 12.1 Å². The first-order valence-corrected chi connectivity index (χ1v) is 9.76. The van der Waals surface area contributed by atoms with E-state index in [2.05, 4.69) is 5.32 Å². The van der Waals surface area contributed by atoms with Crippen LogP contribution in [0.15, 0.2) is 48.5 Å². The molecule has 0 amide bonds. The molecule has 0 bridgehead atoms. The zero-order valence-electron chi connectivity index (χ0n) is 14.0. The molecule has 1 aliphatic heterocycles. The highest BCUT2D eigenvalue weighted by Gasteiger charge is 2.40. The number of hydrogen-bond acceptors (Lipinski definition) is 6. The van der Waals surface area contributed by atoms with Crippen molar-refractivity contribution in [1.82, 2.24) is 0 Å². The molecule has 2 atom stereocenters. The molecule has 26 heavy (non-hydrogen) atoms. The van der Waals surface area contributed by atoms with E-state index in [1.807, 2.05) is 0 Å². The summed E-state index contributed by atoms with van der Waals surface area (Å²) in [7, 11) is -1.83. The molecule has 138 valence electrons. The Morgan fingerprint density at radius 2 is 1.81 bits per heavy atom. The van der Waals surface area contributed by atoms with Gasteiger partial charge in [0.1, 0.15) is 17.7 Å². The predicted octanol–water partition coefficient (Wildman–Crippen LogP) is 2.27. The Hall–Kier alpha value is -2.61. The molecule has 0 radical (unpaired) electrons. The number of rotatable bonds is 5. The highest BCUT2D eigenvalue weighted by atomic mass is 32.2. The molecule has 1 N–H and O–H groups in total. The van der Waals surface area contributed by atoms with Crippen molar-refractivity contribution in [1.29, 1.82) is 0 Å². The number of esters is 1. The third-order valence-corrected chi connectivity index (χ3v) is 5.80. The Morgan fingerprint density at radius 1 is 1.12 bits per heavy atom. The maximum atomic E-state index is 13.7. The number of methoxy groups -OCH3 is 1. The molecule has 2 aromatic rings. The van der Waals surface area contributed by atoms with E-state index in [-0.39, 0.29) is 17.1 Å². The lowest BCUT2D eigenvalue weighted by Crippen LogP contribution is -2.36. The summed E-state index contributed by atoms with van der Waals surface area (Å²) < 4.78 is 48.1. The van der Waals surface area contributed by atoms with Crippen LogP contribution < -0.4 is 10.1 Å². The highest BCUT2D eigenvalue weighted by Crippen LogP contribution is 2.23. The number of ether oxygens (including phenoxy) is 2. The topological polar surface area (TPSA) is 81.7 Å². The smallest absolute Gasteiger partial charge is 0.341 e. The molecule has 2 unspecified atom stereocenters. The second-order valence-corrected chi connectivity index (χ2v) is 8.13. The first kappa shape index (κ1) is 18.2. The molecule has 0 aromatic heterocycles. The van der Waals surface area contributed by atoms with E-state index in [4.69, 9.17) is 9.47 Å². The molecule has 1 aliphatic rings. The third kappa shape index (κ3) is 4.13. The summed E-state index contributed by atoms with van der Waals surface area (Å²) in [6.07, 6.45) is -0.908. The molecule has 0 spiro atoms. The van der Waals surface area contributed by atoms with Crippen LogP contribution in [0.2, 0.25) is 0 Å². The van der Waals surface area contributed by atoms with Gasteiger partial charge >= 0.3 is 5.97 Å². The van der Waals surface area contributed by atoms with Crippen molar-refractivity contribution in [3.05, 3.63) is 59.9 Å². The van der Waals surface area contributed by atoms with Crippen LogP contribution >= 0.6 is 0 Å². The molecule has 0 aliphatic carbocycles. The fraction of sp³-hybridized carbons (Fsp3) is 0.278. The Labute approximate surface area is 150 Å². The van der Waals surface area contributed by atoms with Crippen molar-refractivity contribution in [2.24, 2.45) is 0 Å². The van der Waals surface area contributed by atoms with Crippen LogP contribution in [0.4, 0.5) is 10.1 Å². The second kappa shape index (κ2) is 7.33. The zero-order chi connectivity index (χ0) is 18.7. The molecule has 2 aromatic carbocycles. The summed E-state index contributed by atoms with van der Waals surface area (Å²) in [6.45, 7) is 0. The molecule has 6 nitrogen and oxygen atoms in total. The van der Waals surface area contributed by atoms with E-state index in [1.54, 1.807) is 31.4 Å². The minimum absolute atomic E-state index is 0.172. The van der Waals surface area contributed by atoms with Gasteiger partial charge in [0, 0.05) is 5.69 Å². The van der Waals surface area contributed by atoms with Gasteiger partial charge in [-0.05, 0) is 36.4 Å². The Morgan fingerprint density at radius 3 is 2.46 bits per heavy atom. The van der Waals surface area contributed by atoms with E-state index in [0.29, 0.717) is 11.4 Å². The average molecular weight is 379 g/mol. The summed E-state index contributed by atoms with van der Waals surface area (Å²) in [5, 5.41) is 3.06. The molecular weight excluding hydrogens is 361 g/mol. The summed E-state index contributed by atoms with van der Waals surface area (Å²) in [5.74, 6) is -1.41. The molecule has 3 rings (SSSR count). The minimum Gasteiger partial charge on any atom is -0.497 e. The zero-order valence-corrected chi connectivity index (χ0v) is 14.8. The van der Waals surface area contributed by atoms with Gasteiger partial charge in [-0.15, -0.1) is 0 Å². The van der Waals surface area contributed by atoms with Crippen molar-refractivity contribution < 1.29 is 27.1 Å². The third-order valence-electron chi connectivity index (χ3n) is 4.09. The lowest BCUT2D eigenvalue weighted by atomic mass is 10.1. The average Bonchev–Trinajstić information content (AvgIpc) is 2.89. The van der Waals surface area contributed by atoms with E-state index in [1.165, 1.54) is 18.2 Å². The van der Waals surface area contributed by atoms with Crippen LogP contribution in [0.5, 0.6) is 5.75 Å². The molecule has 8 heteroatoms. The van der Waals surface area contributed by atoms with Crippen molar-refractivity contribution in [2.75, 3.05) is 23.9 Å². The highest BCUT2D eigenvalue weighted by molar-refractivity contribution is 7.91. The largest absolute Gasteiger partial charge is 0.497 e. The number of halogens is 1. The van der Waals surface area contributed by atoms with Crippen LogP contribution in [0.1, 0.15) is 10.4 Å². The van der Waals surface area contributed by atoms with E-state index >= 15 is 0 Å². The number of carbonyl (C=O) groups excluding carboxylic acids is 1. The van der Waals surface area contributed by atoms with Gasteiger partial charge in [-0.2, -0.15) is 0 Å². The fourth-order valence-corrected chi connectivity index (χ4v) is 4.58. The van der Waals surface area contributed by atoms with Gasteiger partial charge in [0.2, 0.25) is 0 Å². The molecule has 1 fully saturated rings. The first-order valence-electron chi connectivity index (χ1n) is 7.94. The van der Waals surface area contributed by atoms with Gasteiger partial charge < -0.3 is 14.8 Å². The normalized spacial score (nSPS) is 21.2. The standard InChI is InChI=1S/C18H18FNO5S/c1-24-13-8-6-12(7-9-13)20-16-10-26(22,23)11-17(16)25-18(21)14-4-2-3-5-15(14)19/h2-9,16-17,20H,10-11H2,1H3. The van der Waals surface area contributed by atoms with E-state index in [0.717, 1.165) is 6.07 Å². The number of hydrogen-bond donors (Lipinski definition) is 1. The van der Waals surface area contributed by atoms with E-state index in [9.17, 15) is 17.6 Å². The lowest BCUT2D eigenvalue weighted by Gasteiger charge is -2.21. The molecule has 1 heterocycles. The van der Waals surface area contributed by atoms with E-state index < -0.39 is 33.8 Å². The van der Waals surface area contributed by atoms with Gasteiger partial charge in [-0.25, -0.2) is 17.6 Å². The monoisotopic (exact) mass is 379 g/mol. The van der Waals surface area contributed by atoms with Crippen molar-refractivity contribution in [3.63, 3.8) is 0 Å². The number of carbonyl (C=O) groups is 1. The van der Waals surface area contributed by atoms with Gasteiger partial charge in [0.05, 0.1) is 30.2 Å². The molecule has 1 saturated heterocycles. The molecule has 0 saturated carbocycles. The van der Waals surface area contributed by atoms with Gasteiger partial charge in [0.25, 0.3) is 0 Å². The van der Waals surface area contributed by atoms with Crippen LogP contribution in [-0.4, -0.2) is 45.1 Å². The Balaban J connectivity index is 1.75. The quantitative estimate of drug-likeness (QED) is 0.803. The number of sulfone groups is 1. The number of benzene rings is 2. The summed E-state index contributed by atoms with van der Waals surface area (Å²) in [5.41, 5.74) is 0.444. The van der Waals surface area contributed by atoms with Crippen LogP contribution in [0, 0.1) is 5.82 Å². The summed E-state index contributed by atoms with van der Waals surface area (Å²) in [6, 6.07) is 11.7. The van der Waals surface area contributed by atoms with Crippen LogP contribution in [-0.2, 0) is 14.6 Å². The Bertz CT molecular complexity index is 898. The Kier molecular flexibility index (Phi) is 5.13. The first-order chi connectivity index (χ1) is 12.4. The fourth-order valence-electron chi connectivity index (χ4n) is 2.80. The maximum Gasteiger partial charge on any atom is 0.341 e. The lowest BCUT2D eigenvalue weighted by molar-refractivity contribution is 0.0331. The number of anilines is 1. The van der Waals surface area contributed by atoms with Crippen LogP contribution in [0.3, 0.4) is 0 Å². The minimum atomic E-state index is -3.37. The molecular formula is C18H18FNO5S. The summed E-state index contributed by atoms with van der Waals surface area (Å²) >= 11 is 0. The summed E-state index contributed by atoms with van der Waals surface area (Å²) in [4.78, 5) is 12.2. The van der Waals surface area contributed by atoms with Crippen LogP contribution in [0.25, 0.3) is 0 Å². The van der Waals surface area contributed by atoms with Gasteiger partial charge in [-0.1, -0.05) is 12.1 Å². The SMILES string of the molecule is COc1ccc(NC2CS(=O)(=O)CC2OC(=O)c2ccccc2F)cc1. The second-order valence-electron chi connectivity index (χ2n) is 5.98. The number of nitrogens with one attached hydrogen (secondary N) is 1. The van der Waals surface area contributed by atoms with Crippen molar-refractivity contribution in [3.8, 4) is 5.75 Å². The van der Waals surface area contributed by atoms with Crippen molar-refractivity contribution >= 4 is 21.5 Å². The maximum absolute atomic E-state index is 13.7. The predicted molar refractivity (Wildman–Crippen MR) is 94.7 cm³/mol. The van der Waals surface area contributed by atoms with Gasteiger partial charge in [-0.3, -0.25) is 0 Å².